The van der Waals surface area contributed by atoms with Gasteiger partial charge in [0.1, 0.15) is 0 Å². The van der Waals surface area contributed by atoms with Crippen molar-refractivity contribution in [1.82, 2.24) is 15.5 Å². The predicted molar refractivity (Wildman–Crippen MR) is 98.3 cm³/mol. The van der Waals surface area contributed by atoms with E-state index in [-0.39, 0.29) is 18.1 Å². The first-order chi connectivity index (χ1) is 12.7. The van der Waals surface area contributed by atoms with Crippen LogP contribution in [0.3, 0.4) is 0 Å². The molecule has 140 valence electrons. The smallest absolute Gasteiger partial charge is 0.259 e. The van der Waals surface area contributed by atoms with E-state index >= 15 is 0 Å². The molecule has 6 nitrogen and oxygen atoms in total. The van der Waals surface area contributed by atoms with Crippen molar-refractivity contribution < 1.29 is 14.1 Å². The summed E-state index contributed by atoms with van der Waals surface area (Å²) in [4.78, 5) is 17.8. The lowest BCUT2D eigenvalue weighted by atomic mass is 10.0. The number of pyridine rings is 1. The highest BCUT2D eigenvalue weighted by molar-refractivity contribution is 6.06. The zero-order valence-electron chi connectivity index (χ0n) is 15.6. The second-order valence-electron chi connectivity index (χ2n) is 7.47. The Bertz CT molecular complexity index is 791. The van der Waals surface area contributed by atoms with Crippen molar-refractivity contribution in [1.29, 1.82) is 0 Å². The van der Waals surface area contributed by atoms with E-state index in [4.69, 9.17) is 9.26 Å². The van der Waals surface area contributed by atoms with E-state index in [0.29, 0.717) is 17.2 Å². The Hall–Kier alpha value is -1.95. The van der Waals surface area contributed by atoms with Crippen LogP contribution in [0.25, 0.3) is 11.1 Å². The number of nitrogens with one attached hydrogen (secondary N) is 1. The fourth-order valence-corrected chi connectivity index (χ4v) is 3.83. The number of hydrogen-bond acceptors (Lipinski definition) is 5. The summed E-state index contributed by atoms with van der Waals surface area (Å²) in [5.41, 5.74) is 2.92. The molecule has 0 spiro atoms. The van der Waals surface area contributed by atoms with Gasteiger partial charge < -0.3 is 14.6 Å². The summed E-state index contributed by atoms with van der Waals surface area (Å²) < 4.78 is 11.3. The lowest BCUT2D eigenvalue weighted by Crippen LogP contribution is -2.42. The zero-order chi connectivity index (χ0) is 18.1. The summed E-state index contributed by atoms with van der Waals surface area (Å²) in [5, 5.41) is 8.16. The molecule has 2 aliphatic rings. The lowest BCUT2D eigenvalue weighted by molar-refractivity contribution is 0.0666. The topological polar surface area (TPSA) is 77.2 Å². The van der Waals surface area contributed by atoms with E-state index in [1.54, 1.807) is 0 Å². The van der Waals surface area contributed by atoms with Crippen molar-refractivity contribution in [2.24, 2.45) is 0 Å². The number of fused-ring (bicyclic) bond motifs is 1. The minimum atomic E-state index is -0.0674. The number of hydrogen-bond donors (Lipinski definition) is 1. The number of rotatable bonds is 7. The Balaban J connectivity index is 1.68. The van der Waals surface area contributed by atoms with E-state index in [1.807, 2.05) is 6.07 Å². The molecule has 1 saturated carbocycles. The number of amides is 1. The third-order valence-electron chi connectivity index (χ3n) is 5.43. The largest absolute Gasteiger partial charge is 0.376 e. The molecule has 2 aromatic rings. The molecule has 2 aromatic heterocycles. The quantitative estimate of drug-likeness (QED) is 0.817. The summed E-state index contributed by atoms with van der Waals surface area (Å²) >= 11 is 0. The van der Waals surface area contributed by atoms with Gasteiger partial charge in [0, 0.05) is 18.2 Å². The molecule has 1 amide bonds. The Kier molecular flexibility index (Phi) is 4.94. The van der Waals surface area contributed by atoms with E-state index in [9.17, 15) is 4.79 Å². The first-order valence-electron chi connectivity index (χ1n) is 9.92. The van der Waals surface area contributed by atoms with Crippen molar-refractivity contribution >= 4 is 17.0 Å². The Morgan fingerprint density at radius 1 is 1.35 bits per heavy atom. The summed E-state index contributed by atoms with van der Waals surface area (Å²) in [7, 11) is 0. The molecule has 1 saturated heterocycles. The number of ether oxygens (including phenoxy) is 1. The number of carbonyl (C=O) groups is 1. The van der Waals surface area contributed by atoms with Crippen LogP contribution in [0, 0.1) is 0 Å². The minimum absolute atomic E-state index is 0.0343. The van der Waals surface area contributed by atoms with Crippen LogP contribution in [0.4, 0.5) is 0 Å². The molecular formula is C20H27N3O3. The highest BCUT2D eigenvalue weighted by atomic mass is 16.5. The van der Waals surface area contributed by atoms with Crippen LogP contribution in [0.15, 0.2) is 10.6 Å². The van der Waals surface area contributed by atoms with Crippen LogP contribution >= 0.6 is 0 Å². The molecule has 1 aliphatic carbocycles. The van der Waals surface area contributed by atoms with E-state index in [1.165, 1.54) is 0 Å². The van der Waals surface area contributed by atoms with Gasteiger partial charge in [0.15, 0.2) is 0 Å². The highest BCUT2D eigenvalue weighted by Crippen LogP contribution is 2.40. The van der Waals surface area contributed by atoms with Crippen molar-refractivity contribution in [2.75, 3.05) is 6.61 Å². The van der Waals surface area contributed by atoms with Crippen molar-refractivity contribution in [3.63, 3.8) is 0 Å². The van der Waals surface area contributed by atoms with Crippen molar-refractivity contribution in [2.45, 2.75) is 76.9 Å². The summed E-state index contributed by atoms with van der Waals surface area (Å²) in [5.74, 6) is 0.382. The van der Waals surface area contributed by atoms with Gasteiger partial charge in [-0.1, -0.05) is 25.4 Å². The van der Waals surface area contributed by atoms with E-state index in [2.05, 4.69) is 29.3 Å². The third-order valence-corrected chi connectivity index (χ3v) is 5.43. The standard InChI is InChI=1S/C20H27N3O3/c1-3-6-15-18-13(11-16(12-8-9-12)22-20(18)26-23-15)19(24)21-14(4-2)17-7-5-10-25-17/h11-12,14,17H,3-10H2,1-2H3,(H,21,24)/t14-,17+/m0/s1. The van der Waals surface area contributed by atoms with Gasteiger partial charge in [-0.05, 0) is 44.6 Å². The molecular weight excluding hydrogens is 330 g/mol. The van der Waals surface area contributed by atoms with E-state index < -0.39 is 0 Å². The molecule has 6 heteroatoms. The molecule has 26 heavy (non-hydrogen) atoms. The van der Waals surface area contributed by atoms with E-state index in [0.717, 1.165) is 68.3 Å². The molecule has 2 fully saturated rings. The van der Waals surface area contributed by atoms with Gasteiger partial charge in [-0.3, -0.25) is 4.79 Å². The van der Waals surface area contributed by atoms with Crippen LogP contribution in [-0.2, 0) is 11.2 Å². The molecule has 3 heterocycles. The van der Waals surface area contributed by atoms with Crippen molar-refractivity contribution in [3.8, 4) is 0 Å². The van der Waals surface area contributed by atoms with Crippen LogP contribution in [0.2, 0.25) is 0 Å². The number of carbonyl (C=O) groups excluding carboxylic acids is 1. The average Bonchev–Trinajstić information content (AvgIpc) is 3.21. The molecule has 0 bridgehead atoms. The molecule has 0 unspecified atom stereocenters. The first kappa shape index (κ1) is 17.5. The van der Waals surface area contributed by atoms with Crippen LogP contribution in [0.5, 0.6) is 0 Å². The number of aryl methyl sites for hydroxylation is 1. The van der Waals surface area contributed by atoms with Gasteiger partial charge in [-0.25, -0.2) is 4.98 Å². The van der Waals surface area contributed by atoms with Crippen LogP contribution < -0.4 is 5.32 Å². The molecule has 0 aromatic carbocycles. The Morgan fingerprint density at radius 3 is 2.85 bits per heavy atom. The van der Waals surface area contributed by atoms with Gasteiger partial charge in [-0.15, -0.1) is 0 Å². The monoisotopic (exact) mass is 357 g/mol. The van der Waals surface area contributed by atoms with Gasteiger partial charge >= 0.3 is 0 Å². The second-order valence-corrected chi connectivity index (χ2v) is 7.47. The summed E-state index contributed by atoms with van der Waals surface area (Å²) in [6, 6.07) is 1.99. The zero-order valence-corrected chi connectivity index (χ0v) is 15.6. The van der Waals surface area contributed by atoms with Crippen LogP contribution in [0.1, 0.15) is 80.0 Å². The molecule has 0 radical (unpaired) electrons. The Morgan fingerprint density at radius 2 is 2.19 bits per heavy atom. The molecule has 4 rings (SSSR count). The van der Waals surface area contributed by atoms with Gasteiger partial charge in [0.25, 0.3) is 11.6 Å². The van der Waals surface area contributed by atoms with Gasteiger partial charge in [-0.2, -0.15) is 0 Å². The van der Waals surface area contributed by atoms with Gasteiger partial charge in [0.2, 0.25) is 0 Å². The number of nitrogens with zero attached hydrogens (tertiary/aromatic N) is 2. The maximum absolute atomic E-state index is 13.2. The maximum Gasteiger partial charge on any atom is 0.259 e. The summed E-state index contributed by atoms with van der Waals surface area (Å²) in [6.45, 7) is 4.97. The fraction of sp³-hybridized carbons (Fsp3) is 0.650. The fourth-order valence-electron chi connectivity index (χ4n) is 3.83. The Labute approximate surface area is 153 Å². The first-order valence-corrected chi connectivity index (χ1v) is 9.92. The SMILES string of the molecule is CCCc1noc2nc(C3CC3)cc(C(=O)N[C@@H](CC)[C@H]3CCCO3)c12. The molecule has 1 aliphatic heterocycles. The predicted octanol–water partition coefficient (Wildman–Crippen LogP) is 3.74. The van der Waals surface area contributed by atoms with Crippen LogP contribution in [-0.4, -0.2) is 34.8 Å². The number of aromatic nitrogens is 2. The average molecular weight is 357 g/mol. The maximum atomic E-state index is 13.2. The summed E-state index contributed by atoms with van der Waals surface area (Å²) in [6.07, 6.45) is 7.02. The third kappa shape index (κ3) is 3.34. The highest BCUT2D eigenvalue weighted by Gasteiger charge is 2.31. The molecule has 1 N–H and O–H groups in total. The molecule has 2 atom stereocenters. The van der Waals surface area contributed by atoms with Gasteiger partial charge in [0.05, 0.1) is 28.8 Å². The van der Waals surface area contributed by atoms with Crippen molar-refractivity contribution in [3.05, 3.63) is 23.0 Å². The lowest BCUT2D eigenvalue weighted by Gasteiger charge is -2.23. The minimum Gasteiger partial charge on any atom is -0.376 e. The second kappa shape index (κ2) is 7.35. The normalized spacial score (nSPS) is 21.2.